The number of rotatable bonds is 5. The molecule has 1 unspecified atom stereocenters. The van der Waals surface area contributed by atoms with E-state index in [-0.39, 0.29) is 23.5 Å². The Morgan fingerprint density at radius 3 is 2.82 bits per heavy atom. The SMILES string of the molecule is CC(Cl)CCN(C)C(=O)Cc1cccc(F)c1. The van der Waals surface area contributed by atoms with Gasteiger partial charge in [0.1, 0.15) is 5.82 Å². The lowest BCUT2D eigenvalue weighted by Crippen LogP contribution is -2.30. The van der Waals surface area contributed by atoms with Crippen molar-refractivity contribution in [3.63, 3.8) is 0 Å². The standard InChI is InChI=1S/C13H17ClFNO/c1-10(14)6-7-16(2)13(17)9-11-4-3-5-12(15)8-11/h3-5,8,10H,6-7,9H2,1-2H3. The zero-order valence-electron chi connectivity index (χ0n) is 10.1. The Hall–Kier alpha value is -1.09. The van der Waals surface area contributed by atoms with Crippen LogP contribution in [0.4, 0.5) is 4.39 Å². The van der Waals surface area contributed by atoms with Gasteiger partial charge in [0.2, 0.25) is 5.91 Å². The first kappa shape index (κ1) is 14.0. The van der Waals surface area contributed by atoms with Crippen molar-refractivity contribution in [3.05, 3.63) is 35.6 Å². The van der Waals surface area contributed by atoms with Crippen molar-refractivity contribution in [2.45, 2.75) is 25.1 Å². The van der Waals surface area contributed by atoms with Gasteiger partial charge in [-0.3, -0.25) is 4.79 Å². The summed E-state index contributed by atoms with van der Waals surface area (Å²) >= 11 is 5.82. The normalized spacial score (nSPS) is 12.2. The van der Waals surface area contributed by atoms with E-state index < -0.39 is 0 Å². The van der Waals surface area contributed by atoms with Gasteiger partial charge in [-0.1, -0.05) is 12.1 Å². The van der Waals surface area contributed by atoms with Crippen molar-refractivity contribution >= 4 is 17.5 Å². The fourth-order valence-corrected chi connectivity index (χ4v) is 1.55. The van der Waals surface area contributed by atoms with E-state index in [9.17, 15) is 9.18 Å². The predicted octanol–water partition coefficient (Wildman–Crippen LogP) is 2.84. The molecule has 1 rings (SSSR count). The van der Waals surface area contributed by atoms with Gasteiger partial charge in [0, 0.05) is 19.0 Å². The van der Waals surface area contributed by atoms with Gasteiger partial charge < -0.3 is 4.90 Å². The average molecular weight is 258 g/mol. The van der Waals surface area contributed by atoms with Gasteiger partial charge in [-0.25, -0.2) is 4.39 Å². The highest BCUT2D eigenvalue weighted by Crippen LogP contribution is 2.07. The summed E-state index contributed by atoms with van der Waals surface area (Å²) in [4.78, 5) is 13.4. The molecule has 17 heavy (non-hydrogen) atoms. The molecule has 0 spiro atoms. The van der Waals surface area contributed by atoms with E-state index in [0.29, 0.717) is 12.1 Å². The molecule has 0 radical (unpaired) electrons. The van der Waals surface area contributed by atoms with Crippen LogP contribution in [-0.2, 0) is 11.2 Å². The molecule has 0 saturated carbocycles. The molecule has 0 heterocycles. The van der Waals surface area contributed by atoms with Crippen LogP contribution < -0.4 is 0 Å². The summed E-state index contributed by atoms with van der Waals surface area (Å²) in [7, 11) is 1.74. The number of benzene rings is 1. The van der Waals surface area contributed by atoms with E-state index in [1.807, 2.05) is 6.92 Å². The number of carbonyl (C=O) groups is 1. The molecule has 94 valence electrons. The molecule has 1 aromatic carbocycles. The number of alkyl halides is 1. The van der Waals surface area contributed by atoms with E-state index >= 15 is 0 Å². The van der Waals surface area contributed by atoms with E-state index in [1.54, 1.807) is 24.1 Å². The molecule has 0 aromatic heterocycles. The summed E-state index contributed by atoms with van der Waals surface area (Å²) in [5, 5.41) is 0.0550. The van der Waals surface area contributed by atoms with E-state index in [2.05, 4.69) is 0 Å². The number of amides is 1. The van der Waals surface area contributed by atoms with Crippen LogP contribution in [0.3, 0.4) is 0 Å². The monoisotopic (exact) mass is 257 g/mol. The van der Waals surface area contributed by atoms with E-state index in [1.165, 1.54) is 12.1 Å². The third-order valence-electron chi connectivity index (χ3n) is 2.53. The highest BCUT2D eigenvalue weighted by atomic mass is 35.5. The summed E-state index contributed by atoms with van der Waals surface area (Å²) in [5.74, 6) is -0.333. The van der Waals surface area contributed by atoms with Crippen LogP contribution in [0.1, 0.15) is 18.9 Å². The van der Waals surface area contributed by atoms with Crippen LogP contribution in [0.2, 0.25) is 0 Å². The molecule has 2 nitrogen and oxygen atoms in total. The summed E-state index contributed by atoms with van der Waals surface area (Å²) in [6, 6.07) is 6.11. The number of carbonyl (C=O) groups excluding carboxylic acids is 1. The van der Waals surface area contributed by atoms with E-state index in [0.717, 1.165) is 6.42 Å². The molecule has 0 aliphatic heterocycles. The maximum Gasteiger partial charge on any atom is 0.226 e. The Kier molecular flexibility index (Phi) is 5.42. The third-order valence-corrected chi connectivity index (χ3v) is 2.75. The molecule has 1 amide bonds. The fraction of sp³-hybridized carbons (Fsp3) is 0.462. The zero-order valence-corrected chi connectivity index (χ0v) is 10.9. The van der Waals surface area contributed by atoms with Crippen LogP contribution in [0, 0.1) is 5.82 Å². The van der Waals surface area contributed by atoms with Crippen molar-refractivity contribution in [2.24, 2.45) is 0 Å². The Bertz CT molecular complexity index is 381. The number of hydrogen-bond donors (Lipinski definition) is 0. The number of hydrogen-bond acceptors (Lipinski definition) is 1. The smallest absolute Gasteiger partial charge is 0.226 e. The molecule has 1 atom stereocenters. The lowest BCUT2D eigenvalue weighted by molar-refractivity contribution is -0.129. The summed E-state index contributed by atoms with van der Waals surface area (Å²) in [6.07, 6.45) is 0.984. The summed E-state index contributed by atoms with van der Waals surface area (Å²) < 4.78 is 12.9. The van der Waals surface area contributed by atoms with Crippen LogP contribution >= 0.6 is 11.6 Å². The van der Waals surface area contributed by atoms with Crippen LogP contribution in [-0.4, -0.2) is 29.8 Å². The highest BCUT2D eigenvalue weighted by molar-refractivity contribution is 6.20. The molecule has 0 saturated heterocycles. The number of likely N-dealkylation sites (N-methyl/N-ethyl adjacent to an activating group) is 1. The maximum absolute atomic E-state index is 12.9. The molecule has 0 aliphatic carbocycles. The van der Waals surface area contributed by atoms with Gasteiger partial charge in [-0.05, 0) is 31.0 Å². The molecule has 0 N–H and O–H groups in total. The second-order valence-electron chi connectivity index (χ2n) is 4.19. The Labute approximate surface area is 106 Å². The van der Waals surface area contributed by atoms with Gasteiger partial charge in [-0.2, -0.15) is 0 Å². The molecular formula is C13H17ClFNO. The first-order valence-corrected chi connectivity index (χ1v) is 6.05. The van der Waals surface area contributed by atoms with Gasteiger partial charge in [-0.15, -0.1) is 11.6 Å². The molecule has 0 fully saturated rings. The predicted molar refractivity (Wildman–Crippen MR) is 67.7 cm³/mol. The van der Waals surface area contributed by atoms with Crippen molar-refractivity contribution in [3.8, 4) is 0 Å². The van der Waals surface area contributed by atoms with Crippen molar-refractivity contribution in [1.29, 1.82) is 0 Å². The third kappa shape index (κ3) is 5.18. The maximum atomic E-state index is 12.9. The Balaban J connectivity index is 2.48. The van der Waals surface area contributed by atoms with Crippen LogP contribution in [0.25, 0.3) is 0 Å². The summed E-state index contributed by atoms with van der Waals surface area (Å²) in [5.41, 5.74) is 0.695. The van der Waals surface area contributed by atoms with E-state index in [4.69, 9.17) is 11.6 Å². The summed E-state index contributed by atoms with van der Waals surface area (Å²) in [6.45, 7) is 2.52. The number of halogens is 2. The van der Waals surface area contributed by atoms with Crippen LogP contribution in [0.5, 0.6) is 0 Å². The minimum Gasteiger partial charge on any atom is -0.345 e. The second kappa shape index (κ2) is 6.60. The van der Waals surface area contributed by atoms with Gasteiger partial charge in [0.15, 0.2) is 0 Å². The topological polar surface area (TPSA) is 20.3 Å². The lowest BCUT2D eigenvalue weighted by atomic mass is 10.1. The number of nitrogens with zero attached hydrogens (tertiary/aromatic N) is 1. The second-order valence-corrected chi connectivity index (χ2v) is 4.94. The molecular weight excluding hydrogens is 241 g/mol. The Morgan fingerprint density at radius 1 is 1.53 bits per heavy atom. The van der Waals surface area contributed by atoms with Crippen molar-refractivity contribution in [1.82, 2.24) is 4.90 Å². The Morgan fingerprint density at radius 2 is 2.24 bits per heavy atom. The molecule has 0 bridgehead atoms. The average Bonchev–Trinajstić information content (AvgIpc) is 2.25. The largest absolute Gasteiger partial charge is 0.345 e. The molecule has 4 heteroatoms. The van der Waals surface area contributed by atoms with Gasteiger partial charge >= 0.3 is 0 Å². The van der Waals surface area contributed by atoms with Crippen LogP contribution in [0.15, 0.2) is 24.3 Å². The molecule has 0 aliphatic rings. The highest BCUT2D eigenvalue weighted by Gasteiger charge is 2.10. The van der Waals surface area contributed by atoms with Gasteiger partial charge in [0.25, 0.3) is 0 Å². The van der Waals surface area contributed by atoms with Crippen molar-refractivity contribution in [2.75, 3.05) is 13.6 Å². The molecule has 1 aromatic rings. The minimum absolute atomic E-state index is 0.0204. The van der Waals surface area contributed by atoms with Gasteiger partial charge in [0.05, 0.1) is 6.42 Å². The fourth-order valence-electron chi connectivity index (χ4n) is 1.45. The minimum atomic E-state index is -0.313. The zero-order chi connectivity index (χ0) is 12.8. The quantitative estimate of drug-likeness (QED) is 0.743. The first-order chi connectivity index (χ1) is 7.99. The first-order valence-electron chi connectivity index (χ1n) is 5.61. The van der Waals surface area contributed by atoms with Crippen molar-refractivity contribution < 1.29 is 9.18 Å². The lowest BCUT2D eigenvalue weighted by Gasteiger charge is -2.17.